The summed E-state index contributed by atoms with van der Waals surface area (Å²) >= 11 is 12.8. The van der Waals surface area contributed by atoms with E-state index in [-0.39, 0.29) is 0 Å². The van der Waals surface area contributed by atoms with E-state index in [9.17, 15) is 9.90 Å². The molecule has 4 rings (SSSR count). The van der Waals surface area contributed by atoms with E-state index in [1.54, 1.807) is 12.1 Å². The lowest BCUT2D eigenvalue weighted by Gasteiger charge is -2.52. The number of carboxylic acid groups (broad SMARTS) is 1. The molecule has 0 bridgehead atoms. The van der Waals surface area contributed by atoms with Crippen LogP contribution in [-0.4, -0.2) is 45.7 Å². The summed E-state index contributed by atoms with van der Waals surface area (Å²) in [6, 6.07) is 12.9. The fraction of sp³-hybridized carbons (Fsp3) is 0.348. The highest BCUT2D eigenvalue weighted by Crippen LogP contribution is 2.45. The molecule has 6 nitrogen and oxygen atoms in total. The molecule has 2 heterocycles. The van der Waals surface area contributed by atoms with Gasteiger partial charge in [-0.05, 0) is 29.7 Å². The highest BCUT2D eigenvalue weighted by molar-refractivity contribution is 6.33. The summed E-state index contributed by atoms with van der Waals surface area (Å²) in [4.78, 5) is 23.6. The molecular weight excluding hydrogens is 435 g/mol. The Morgan fingerprint density at radius 2 is 1.90 bits per heavy atom. The molecule has 162 valence electrons. The molecule has 3 aromatic rings. The van der Waals surface area contributed by atoms with Crippen molar-refractivity contribution in [2.75, 3.05) is 19.6 Å². The average molecular weight is 459 g/mol. The van der Waals surface area contributed by atoms with Crippen molar-refractivity contribution in [3.8, 4) is 11.3 Å². The highest BCUT2D eigenvalue weighted by Gasteiger charge is 2.54. The molecule has 1 aliphatic heterocycles. The number of nitrogens with zero attached hydrogens (tertiary/aromatic N) is 3. The second-order valence-electron chi connectivity index (χ2n) is 8.76. The summed E-state index contributed by atoms with van der Waals surface area (Å²) in [5.74, 6) is 0.430. The minimum absolute atomic E-state index is 0.338. The first kappa shape index (κ1) is 21.8. The number of hydrogen-bond donors (Lipinski definition) is 2. The third kappa shape index (κ3) is 3.63. The van der Waals surface area contributed by atoms with Crippen molar-refractivity contribution >= 4 is 40.2 Å². The zero-order chi connectivity index (χ0) is 22.4. The molecule has 1 aliphatic rings. The molecule has 31 heavy (non-hydrogen) atoms. The zero-order valence-corrected chi connectivity index (χ0v) is 19.1. The van der Waals surface area contributed by atoms with Gasteiger partial charge in [-0.3, -0.25) is 4.90 Å². The number of nitrogens with one attached hydrogen (secondary N) is 1. The van der Waals surface area contributed by atoms with Crippen molar-refractivity contribution in [2.45, 2.75) is 26.3 Å². The number of amides is 1. The van der Waals surface area contributed by atoms with Crippen LogP contribution in [0.3, 0.4) is 0 Å². The normalized spacial score (nSPS) is 19.6. The fourth-order valence-electron chi connectivity index (χ4n) is 4.36. The number of rotatable bonds is 2. The molecule has 1 amide bonds. The van der Waals surface area contributed by atoms with Crippen LogP contribution < -0.4 is 5.32 Å². The van der Waals surface area contributed by atoms with Crippen molar-refractivity contribution in [1.29, 1.82) is 0 Å². The second kappa shape index (κ2) is 7.93. The maximum atomic E-state index is 12.3. The van der Waals surface area contributed by atoms with Crippen molar-refractivity contribution in [1.82, 2.24) is 20.2 Å². The Bertz CT molecular complexity index is 1160. The highest BCUT2D eigenvalue weighted by atomic mass is 35.5. The van der Waals surface area contributed by atoms with Gasteiger partial charge in [0.2, 0.25) is 0 Å². The number of fused-ring (bicyclic) bond motifs is 1. The van der Waals surface area contributed by atoms with Crippen LogP contribution in [0.4, 0.5) is 4.79 Å². The molecule has 1 fully saturated rings. The molecule has 1 unspecified atom stereocenters. The maximum Gasteiger partial charge on any atom is 0.408 e. The Morgan fingerprint density at radius 3 is 2.58 bits per heavy atom. The van der Waals surface area contributed by atoms with E-state index in [0.717, 1.165) is 10.9 Å². The zero-order valence-electron chi connectivity index (χ0n) is 17.6. The van der Waals surface area contributed by atoms with Crippen LogP contribution in [0.2, 0.25) is 10.0 Å². The van der Waals surface area contributed by atoms with Gasteiger partial charge in [0.15, 0.2) is 5.82 Å². The lowest BCUT2D eigenvalue weighted by molar-refractivity contribution is -0.0242. The monoisotopic (exact) mass is 458 g/mol. The molecular formula is C23H24Cl2N4O2. The molecule has 0 aliphatic carbocycles. The number of aromatic nitrogens is 2. The molecule has 0 spiro atoms. The smallest absolute Gasteiger partial charge is 0.408 e. The van der Waals surface area contributed by atoms with Crippen LogP contribution in [0.15, 0.2) is 42.5 Å². The number of halogens is 2. The standard InChI is InChI=1S/C23H24Cl2N4O2/c1-22(2,3)23(13-26-10-11-29(23)21(30)31)20-27-18-12-14(24)8-9-16(18)19(28-20)15-6-4-5-7-17(15)25/h4-9,12,26H,10-11,13H2,1-3H3,(H,30,31). The topological polar surface area (TPSA) is 78.4 Å². The van der Waals surface area contributed by atoms with E-state index in [2.05, 4.69) is 5.32 Å². The van der Waals surface area contributed by atoms with E-state index >= 15 is 0 Å². The number of piperazine rings is 1. The summed E-state index contributed by atoms with van der Waals surface area (Å²) in [5.41, 5.74) is 0.579. The van der Waals surface area contributed by atoms with Gasteiger partial charge in [0.05, 0.1) is 11.2 Å². The van der Waals surface area contributed by atoms with Crippen molar-refractivity contribution in [3.63, 3.8) is 0 Å². The lowest BCUT2D eigenvalue weighted by atomic mass is 9.70. The van der Waals surface area contributed by atoms with Crippen molar-refractivity contribution in [3.05, 3.63) is 58.3 Å². The Labute approximate surface area is 191 Å². The number of carbonyl (C=O) groups is 1. The lowest BCUT2D eigenvalue weighted by Crippen LogP contribution is -2.66. The SMILES string of the molecule is CC(C)(C)C1(c2nc(-c3ccccc3Cl)c3ccc(Cl)cc3n2)CNCCN1C(=O)O. The summed E-state index contributed by atoms with van der Waals surface area (Å²) < 4.78 is 0. The Balaban J connectivity index is 2.09. The van der Waals surface area contributed by atoms with Gasteiger partial charge in [0, 0.05) is 40.6 Å². The molecule has 0 saturated carbocycles. The van der Waals surface area contributed by atoms with E-state index in [4.69, 9.17) is 33.2 Å². The minimum atomic E-state index is -0.995. The summed E-state index contributed by atoms with van der Waals surface area (Å²) in [5, 5.41) is 15.4. The van der Waals surface area contributed by atoms with Crippen LogP contribution in [-0.2, 0) is 5.54 Å². The van der Waals surface area contributed by atoms with Gasteiger partial charge in [-0.2, -0.15) is 0 Å². The first-order valence-electron chi connectivity index (χ1n) is 10.1. The number of benzene rings is 2. The van der Waals surface area contributed by atoms with Gasteiger partial charge in [0.1, 0.15) is 5.54 Å². The molecule has 1 saturated heterocycles. The van der Waals surface area contributed by atoms with E-state index < -0.39 is 17.0 Å². The van der Waals surface area contributed by atoms with Crippen LogP contribution in [0.1, 0.15) is 26.6 Å². The van der Waals surface area contributed by atoms with E-state index in [1.807, 2.05) is 51.1 Å². The molecule has 8 heteroatoms. The van der Waals surface area contributed by atoms with Crippen LogP contribution in [0, 0.1) is 5.41 Å². The van der Waals surface area contributed by atoms with Crippen LogP contribution in [0.5, 0.6) is 0 Å². The predicted octanol–water partition coefficient (Wildman–Crippen LogP) is 5.43. The van der Waals surface area contributed by atoms with Crippen molar-refractivity contribution in [2.24, 2.45) is 5.41 Å². The average Bonchev–Trinajstić information content (AvgIpc) is 2.72. The van der Waals surface area contributed by atoms with Crippen LogP contribution in [0.25, 0.3) is 22.2 Å². The van der Waals surface area contributed by atoms with Gasteiger partial charge in [-0.15, -0.1) is 0 Å². The van der Waals surface area contributed by atoms with Gasteiger partial charge in [-0.1, -0.05) is 62.2 Å². The third-order valence-electron chi connectivity index (χ3n) is 5.98. The molecule has 1 aromatic heterocycles. The Morgan fingerprint density at radius 1 is 1.16 bits per heavy atom. The summed E-state index contributed by atoms with van der Waals surface area (Å²) in [6.07, 6.45) is -0.995. The molecule has 2 aromatic carbocycles. The van der Waals surface area contributed by atoms with E-state index in [1.165, 1.54) is 4.90 Å². The van der Waals surface area contributed by atoms with Gasteiger partial charge < -0.3 is 10.4 Å². The second-order valence-corrected chi connectivity index (χ2v) is 9.60. The quantitative estimate of drug-likeness (QED) is 0.535. The Kier molecular flexibility index (Phi) is 5.58. The van der Waals surface area contributed by atoms with Gasteiger partial charge in [-0.25, -0.2) is 14.8 Å². The summed E-state index contributed by atoms with van der Waals surface area (Å²) in [6.45, 7) is 7.34. The molecule has 0 radical (unpaired) electrons. The third-order valence-corrected chi connectivity index (χ3v) is 6.55. The molecule has 2 N–H and O–H groups in total. The number of hydrogen-bond acceptors (Lipinski definition) is 4. The first-order chi connectivity index (χ1) is 14.6. The molecule has 1 atom stereocenters. The Hall–Kier alpha value is -2.41. The summed E-state index contributed by atoms with van der Waals surface area (Å²) in [7, 11) is 0. The van der Waals surface area contributed by atoms with Gasteiger partial charge >= 0.3 is 6.09 Å². The first-order valence-corrected chi connectivity index (χ1v) is 10.8. The fourth-order valence-corrected chi connectivity index (χ4v) is 4.75. The maximum absolute atomic E-state index is 12.3. The van der Waals surface area contributed by atoms with E-state index in [0.29, 0.717) is 46.7 Å². The van der Waals surface area contributed by atoms with Crippen molar-refractivity contribution < 1.29 is 9.90 Å². The van der Waals surface area contributed by atoms with Gasteiger partial charge in [0.25, 0.3) is 0 Å². The largest absolute Gasteiger partial charge is 0.465 e. The minimum Gasteiger partial charge on any atom is -0.465 e. The predicted molar refractivity (Wildman–Crippen MR) is 124 cm³/mol. The van der Waals surface area contributed by atoms with Crippen LogP contribution >= 0.6 is 23.2 Å².